The molecule has 0 aromatic heterocycles. The predicted octanol–water partition coefficient (Wildman–Crippen LogP) is 5.57. The Balaban J connectivity index is 1.28. The number of carbonyl (C=O) groups is 2. The van der Waals surface area contributed by atoms with Crippen molar-refractivity contribution in [3.8, 4) is 0 Å². The smallest absolute Gasteiger partial charge is 0.392 e. The third kappa shape index (κ3) is 7.99. The van der Waals surface area contributed by atoms with Crippen LogP contribution in [0.2, 0.25) is 0 Å². The lowest BCUT2D eigenvalue weighted by atomic mass is 9.89. The molecule has 2 saturated heterocycles. The van der Waals surface area contributed by atoms with Crippen molar-refractivity contribution >= 4 is 11.8 Å². The Morgan fingerprint density at radius 1 is 1.00 bits per heavy atom. The monoisotopic (exact) mass is 643 g/mol. The molecule has 250 valence electrons. The Hall–Kier alpha value is -3.25. The lowest BCUT2D eigenvalue weighted by Gasteiger charge is -2.43. The van der Waals surface area contributed by atoms with Gasteiger partial charge in [-0.25, -0.2) is 0 Å². The van der Waals surface area contributed by atoms with Gasteiger partial charge in [0.25, 0.3) is 0 Å². The number of nitrogens with zero attached hydrogens (tertiary/aromatic N) is 2. The third-order valence-electron chi connectivity index (χ3n) is 9.52. The molecule has 1 aliphatic carbocycles. The molecule has 0 bridgehead atoms. The maximum Gasteiger partial charge on any atom is 0.471 e. The molecule has 3 aliphatic rings. The highest BCUT2D eigenvalue weighted by Crippen LogP contribution is 2.42. The van der Waals surface area contributed by atoms with Gasteiger partial charge in [0.05, 0.1) is 18.8 Å². The second-order valence-electron chi connectivity index (χ2n) is 12.6. The molecule has 8 nitrogen and oxygen atoms in total. The number of ether oxygens (including phenoxy) is 2. The van der Waals surface area contributed by atoms with E-state index in [0.717, 1.165) is 48.2 Å². The zero-order chi connectivity index (χ0) is 32.8. The quantitative estimate of drug-likeness (QED) is 0.311. The van der Waals surface area contributed by atoms with Crippen molar-refractivity contribution in [2.24, 2.45) is 5.92 Å². The second-order valence-corrected chi connectivity index (χ2v) is 12.6. The molecule has 46 heavy (non-hydrogen) atoms. The first-order valence-electron chi connectivity index (χ1n) is 16.2. The summed E-state index contributed by atoms with van der Waals surface area (Å²) in [5.74, 6) is -2.54. The predicted molar refractivity (Wildman–Crippen MR) is 166 cm³/mol. The van der Waals surface area contributed by atoms with Crippen LogP contribution in [0.15, 0.2) is 61.2 Å². The molecule has 2 aliphatic heterocycles. The highest BCUT2D eigenvalue weighted by atomic mass is 19.4. The molecule has 3 fully saturated rings. The number of likely N-dealkylation sites (tertiary alicyclic amines) is 1. The number of alkyl halides is 3. The minimum absolute atomic E-state index is 0.0367. The van der Waals surface area contributed by atoms with Crippen LogP contribution < -0.4 is 5.32 Å². The van der Waals surface area contributed by atoms with E-state index in [2.05, 4.69) is 23.7 Å². The van der Waals surface area contributed by atoms with E-state index in [1.165, 1.54) is 12.8 Å². The number of benzene rings is 2. The summed E-state index contributed by atoms with van der Waals surface area (Å²) in [6.07, 6.45) is 1.21. The molecule has 2 aromatic carbocycles. The number of hydrogen-bond donors (Lipinski definition) is 2. The third-order valence-corrected chi connectivity index (χ3v) is 9.52. The van der Waals surface area contributed by atoms with Crippen molar-refractivity contribution < 1.29 is 37.3 Å². The largest absolute Gasteiger partial charge is 0.471 e. The first-order valence-corrected chi connectivity index (χ1v) is 16.2. The fourth-order valence-electron chi connectivity index (χ4n) is 6.91. The Kier molecular flexibility index (Phi) is 11.2. The summed E-state index contributed by atoms with van der Waals surface area (Å²) in [5.41, 5.74) is 3.38. The van der Waals surface area contributed by atoms with Crippen LogP contribution in [-0.4, -0.2) is 70.7 Å². The van der Waals surface area contributed by atoms with Crippen molar-refractivity contribution in [3.63, 3.8) is 0 Å². The van der Waals surface area contributed by atoms with Crippen LogP contribution in [0.25, 0.3) is 0 Å². The number of halogens is 3. The number of amides is 2. The number of carbonyl (C=O) groups excluding carboxylic acids is 2. The van der Waals surface area contributed by atoms with Gasteiger partial charge < -0.3 is 24.8 Å². The molecular weight excluding hydrogens is 599 g/mol. The van der Waals surface area contributed by atoms with E-state index < -0.39 is 30.3 Å². The average molecular weight is 644 g/mol. The van der Waals surface area contributed by atoms with E-state index in [1.54, 1.807) is 0 Å². The SMILES string of the molecule is C=CCN(C[C@H]1O[C@@H](c2ccc(CNC(=O)[C@@H]3CCCN3C(=O)C(F)(F)F)cc2)O[C@@H](c2ccc(CO)cc2)[C@H]1C)C1CCCC1. The van der Waals surface area contributed by atoms with Crippen LogP contribution in [0.1, 0.15) is 80.1 Å². The van der Waals surface area contributed by atoms with Crippen LogP contribution in [-0.2, 0) is 32.2 Å². The van der Waals surface area contributed by atoms with Gasteiger partial charge in [-0.2, -0.15) is 13.2 Å². The fraction of sp³-hybridized carbons (Fsp3) is 0.543. The van der Waals surface area contributed by atoms with Crippen molar-refractivity contribution in [2.45, 2.75) is 95.4 Å². The lowest BCUT2D eigenvalue weighted by Crippen LogP contribution is -2.50. The summed E-state index contributed by atoms with van der Waals surface area (Å²) in [4.78, 5) is 27.6. The van der Waals surface area contributed by atoms with Gasteiger partial charge in [-0.3, -0.25) is 14.5 Å². The molecule has 5 atom stereocenters. The first-order chi connectivity index (χ1) is 22.1. The second kappa shape index (κ2) is 15.1. The zero-order valence-corrected chi connectivity index (χ0v) is 26.3. The Bertz CT molecular complexity index is 1330. The molecule has 0 radical (unpaired) electrons. The first kappa shape index (κ1) is 34.1. The Morgan fingerprint density at radius 2 is 1.65 bits per heavy atom. The number of aliphatic hydroxyl groups is 1. The summed E-state index contributed by atoms with van der Waals surface area (Å²) in [6.45, 7) is 7.62. The Labute approximate surface area is 268 Å². The number of aliphatic hydroxyl groups excluding tert-OH is 1. The van der Waals surface area contributed by atoms with Crippen molar-refractivity contribution in [3.05, 3.63) is 83.4 Å². The van der Waals surface area contributed by atoms with Crippen LogP contribution in [0, 0.1) is 5.92 Å². The fourth-order valence-corrected chi connectivity index (χ4v) is 6.91. The Morgan fingerprint density at radius 3 is 2.28 bits per heavy atom. The maximum absolute atomic E-state index is 13.0. The van der Waals surface area contributed by atoms with E-state index in [1.807, 2.05) is 54.6 Å². The molecule has 0 unspecified atom stereocenters. The molecule has 0 spiro atoms. The van der Waals surface area contributed by atoms with E-state index in [-0.39, 0.29) is 44.2 Å². The van der Waals surface area contributed by atoms with Gasteiger partial charge in [0, 0.05) is 43.7 Å². The van der Waals surface area contributed by atoms with Gasteiger partial charge in [-0.05, 0) is 42.4 Å². The average Bonchev–Trinajstić information content (AvgIpc) is 3.77. The van der Waals surface area contributed by atoms with Crippen LogP contribution in [0.3, 0.4) is 0 Å². The van der Waals surface area contributed by atoms with Gasteiger partial charge in [0.1, 0.15) is 6.04 Å². The van der Waals surface area contributed by atoms with E-state index in [4.69, 9.17) is 9.47 Å². The highest BCUT2D eigenvalue weighted by Gasteiger charge is 2.47. The van der Waals surface area contributed by atoms with Crippen molar-refractivity contribution in [1.29, 1.82) is 0 Å². The topological polar surface area (TPSA) is 91.3 Å². The van der Waals surface area contributed by atoms with Gasteiger partial charge >= 0.3 is 12.1 Å². The van der Waals surface area contributed by atoms with E-state index in [0.29, 0.717) is 17.4 Å². The van der Waals surface area contributed by atoms with Crippen LogP contribution >= 0.6 is 0 Å². The van der Waals surface area contributed by atoms with Crippen LogP contribution in [0.5, 0.6) is 0 Å². The molecule has 2 N–H and O–H groups in total. The molecule has 1 saturated carbocycles. The summed E-state index contributed by atoms with van der Waals surface area (Å²) >= 11 is 0. The van der Waals surface area contributed by atoms with Gasteiger partial charge in [0.15, 0.2) is 6.29 Å². The normalized spacial score (nSPS) is 25.6. The number of rotatable bonds is 11. The van der Waals surface area contributed by atoms with Gasteiger partial charge in [0.2, 0.25) is 5.91 Å². The number of nitrogens with one attached hydrogen (secondary N) is 1. The molecular formula is C35H44F3N3O5. The van der Waals surface area contributed by atoms with Crippen molar-refractivity contribution in [1.82, 2.24) is 15.1 Å². The summed E-state index contributed by atoms with van der Waals surface area (Å²) in [7, 11) is 0. The van der Waals surface area contributed by atoms with E-state index >= 15 is 0 Å². The molecule has 2 aromatic rings. The molecule has 2 amide bonds. The van der Waals surface area contributed by atoms with Crippen molar-refractivity contribution in [2.75, 3.05) is 19.6 Å². The maximum atomic E-state index is 13.0. The zero-order valence-electron chi connectivity index (χ0n) is 26.3. The number of hydrogen-bond acceptors (Lipinski definition) is 6. The summed E-state index contributed by atoms with van der Waals surface area (Å²) < 4.78 is 52.2. The molecule has 5 rings (SSSR count). The lowest BCUT2D eigenvalue weighted by molar-refractivity contribution is -0.276. The highest BCUT2D eigenvalue weighted by molar-refractivity contribution is 5.90. The molecule has 2 heterocycles. The minimum atomic E-state index is -5.01. The standard InChI is InChI=1S/C35H44F3N3O5/c1-3-18-40(28-7-4-5-8-28)21-30-23(2)31(26-14-12-25(22-42)13-15-26)46-33(45-30)27-16-10-24(11-17-27)20-39-32(43)29-9-6-19-41(29)34(44)35(36,37)38/h3,10-17,23,28-31,33,42H,1,4-9,18-22H2,2H3,(H,39,43)/t23-,29-,30+,31+,33+/m0/s1. The minimum Gasteiger partial charge on any atom is -0.392 e. The van der Waals surface area contributed by atoms with E-state index in [9.17, 15) is 27.9 Å². The molecule has 11 heteroatoms. The van der Waals surface area contributed by atoms with Gasteiger partial charge in [-0.15, -0.1) is 6.58 Å². The summed E-state index contributed by atoms with van der Waals surface area (Å²) in [6, 6.07) is 14.6. The van der Waals surface area contributed by atoms with Gasteiger partial charge in [-0.1, -0.05) is 74.4 Å². The van der Waals surface area contributed by atoms with Crippen LogP contribution in [0.4, 0.5) is 13.2 Å². The summed E-state index contributed by atoms with van der Waals surface area (Å²) in [5, 5.41) is 12.2.